The molecule has 0 aliphatic heterocycles. The van der Waals surface area contributed by atoms with Crippen LogP contribution in [0.25, 0.3) is 20.7 Å². The number of nitrogens with zero attached hydrogens (tertiary/aromatic N) is 3. The van der Waals surface area contributed by atoms with Crippen molar-refractivity contribution in [1.82, 2.24) is 9.55 Å². The van der Waals surface area contributed by atoms with Crippen LogP contribution in [0.2, 0.25) is 5.02 Å². The van der Waals surface area contributed by atoms with E-state index in [0.29, 0.717) is 10.2 Å². The molecule has 2 aromatic carbocycles. The molecule has 4 aromatic rings. The van der Waals surface area contributed by atoms with Crippen molar-refractivity contribution in [2.24, 2.45) is 0 Å². The van der Waals surface area contributed by atoms with E-state index in [-0.39, 0.29) is 28.5 Å². The fourth-order valence-electron chi connectivity index (χ4n) is 3.06. The number of hydrogen-bond donors (Lipinski definition) is 1. The molecule has 1 N–H and O–H groups in total. The van der Waals surface area contributed by atoms with Crippen LogP contribution in [-0.4, -0.2) is 27.5 Å². The second kappa shape index (κ2) is 8.77. The molecule has 2 aromatic heterocycles. The number of thiophene rings is 1. The Bertz CT molecular complexity index is 1400. The summed E-state index contributed by atoms with van der Waals surface area (Å²) in [7, 11) is 1.59. The number of aromatic nitrogens is 2. The van der Waals surface area contributed by atoms with E-state index in [2.05, 4.69) is 10.3 Å². The third kappa shape index (κ3) is 4.32. The second-order valence-corrected chi connectivity index (χ2v) is 8.19. The number of nitro benzene ring substituents is 1. The fraction of sp³-hybridized carbons (Fsp3) is 0.0952. The summed E-state index contributed by atoms with van der Waals surface area (Å²) in [5, 5.41) is 13.8. The van der Waals surface area contributed by atoms with Gasteiger partial charge in [-0.3, -0.25) is 24.3 Å². The van der Waals surface area contributed by atoms with Crippen molar-refractivity contribution in [2.75, 3.05) is 12.4 Å². The predicted molar refractivity (Wildman–Crippen MR) is 123 cm³/mol. The lowest BCUT2D eigenvalue weighted by molar-refractivity contribution is -0.383. The molecule has 162 valence electrons. The van der Waals surface area contributed by atoms with E-state index in [1.54, 1.807) is 7.11 Å². The van der Waals surface area contributed by atoms with Gasteiger partial charge < -0.3 is 10.1 Å². The molecule has 0 bridgehead atoms. The first-order valence-electron chi connectivity index (χ1n) is 9.23. The number of halogens is 1. The maximum absolute atomic E-state index is 12.9. The molecule has 0 aliphatic rings. The maximum atomic E-state index is 12.9. The van der Waals surface area contributed by atoms with Gasteiger partial charge >= 0.3 is 0 Å². The van der Waals surface area contributed by atoms with Crippen LogP contribution in [0.3, 0.4) is 0 Å². The summed E-state index contributed by atoms with van der Waals surface area (Å²) in [5.41, 5.74) is 0.711. The van der Waals surface area contributed by atoms with Crippen LogP contribution in [0, 0.1) is 10.1 Å². The third-order valence-electron chi connectivity index (χ3n) is 4.62. The van der Waals surface area contributed by atoms with Crippen molar-refractivity contribution in [3.8, 4) is 16.2 Å². The first-order valence-corrected chi connectivity index (χ1v) is 10.4. The van der Waals surface area contributed by atoms with Gasteiger partial charge in [-0.1, -0.05) is 11.6 Å². The zero-order valence-electron chi connectivity index (χ0n) is 16.6. The number of nitro groups is 1. The molecule has 0 fully saturated rings. The summed E-state index contributed by atoms with van der Waals surface area (Å²) in [6, 6.07) is 13.1. The van der Waals surface area contributed by atoms with Gasteiger partial charge in [0.25, 0.3) is 11.2 Å². The highest BCUT2D eigenvalue weighted by Crippen LogP contribution is 2.32. The Morgan fingerprint density at radius 3 is 2.69 bits per heavy atom. The molecule has 1 amide bonds. The highest BCUT2D eigenvalue weighted by Gasteiger charge is 2.18. The molecule has 0 atom stereocenters. The fourth-order valence-corrected chi connectivity index (χ4v) is 4.29. The minimum Gasteiger partial charge on any atom is -0.497 e. The molecule has 0 unspecified atom stereocenters. The van der Waals surface area contributed by atoms with E-state index in [4.69, 9.17) is 16.3 Å². The minimum absolute atomic E-state index is 0.00981. The first-order chi connectivity index (χ1) is 15.4. The lowest BCUT2D eigenvalue weighted by atomic mass is 10.2. The zero-order chi connectivity index (χ0) is 22.8. The van der Waals surface area contributed by atoms with Gasteiger partial charge in [-0.25, -0.2) is 4.98 Å². The minimum atomic E-state index is -0.645. The van der Waals surface area contributed by atoms with E-state index in [0.717, 1.165) is 26.8 Å². The van der Waals surface area contributed by atoms with Gasteiger partial charge in [0.2, 0.25) is 5.91 Å². The number of fused-ring (bicyclic) bond motifs is 1. The Morgan fingerprint density at radius 1 is 1.25 bits per heavy atom. The molecule has 32 heavy (non-hydrogen) atoms. The van der Waals surface area contributed by atoms with Crippen LogP contribution in [0.15, 0.2) is 59.7 Å². The van der Waals surface area contributed by atoms with E-state index < -0.39 is 10.8 Å². The zero-order valence-corrected chi connectivity index (χ0v) is 18.1. The molecule has 0 aliphatic carbocycles. The lowest BCUT2D eigenvalue weighted by Gasteiger charge is -2.08. The van der Waals surface area contributed by atoms with Crippen molar-refractivity contribution in [1.29, 1.82) is 0 Å². The Hall–Kier alpha value is -3.76. The number of amides is 1. The largest absolute Gasteiger partial charge is 0.497 e. The van der Waals surface area contributed by atoms with Crippen molar-refractivity contribution < 1.29 is 14.5 Å². The molecule has 0 saturated heterocycles. The summed E-state index contributed by atoms with van der Waals surface area (Å²) >= 11 is 7.06. The SMILES string of the molecule is COc1ccc(-c2cc3ncn(CC(=O)Nc4ccc(Cl)cc4[N+](=O)[O-])c(=O)c3s2)cc1. The summed E-state index contributed by atoms with van der Waals surface area (Å²) in [6.45, 7) is -0.350. The van der Waals surface area contributed by atoms with Gasteiger partial charge in [-0.05, 0) is 48.0 Å². The normalized spacial score (nSPS) is 10.8. The van der Waals surface area contributed by atoms with Crippen LogP contribution in [0.4, 0.5) is 11.4 Å². The van der Waals surface area contributed by atoms with Crippen LogP contribution in [-0.2, 0) is 11.3 Å². The van der Waals surface area contributed by atoms with Gasteiger partial charge in [0.05, 0.1) is 23.9 Å². The predicted octanol–water partition coefficient (Wildman–Crippen LogP) is 4.33. The van der Waals surface area contributed by atoms with Crippen molar-refractivity contribution in [3.63, 3.8) is 0 Å². The Labute approximate surface area is 190 Å². The molecule has 0 radical (unpaired) electrons. The van der Waals surface area contributed by atoms with Crippen molar-refractivity contribution >= 4 is 50.4 Å². The van der Waals surface area contributed by atoms with Gasteiger partial charge in [-0.15, -0.1) is 11.3 Å². The van der Waals surface area contributed by atoms with E-state index in [9.17, 15) is 19.7 Å². The highest BCUT2D eigenvalue weighted by atomic mass is 35.5. The molecular weight excluding hydrogens is 456 g/mol. The topological polar surface area (TPSA) is 116 Å². The van der Waals surface area contributed by atoms with Crippen molar-refractivity contribution in [3.05, 3.63) is 80.3 Å². The van der Waals surface area contributed by atoms with Crippen LogP contribution >= 0.6 is 22.9 Å². The molecular formula is C21H15ClN4O5S. The molecule has 0 spiro atoms. The molecule has 4 rings (SSSR count). The molecule has 9 nitrogen and oxygen atoms in total. The van der Waals surface area contributed by atoms with Gasteiger partial charge in [0, 0.05) is 16.0 Å². The Morgan fingerprint density at radius 2 is 2.00 bits per heavy atom. The number of carbonyl (C=O) groups is 1. The smallest absolute Gasteiger partial charge is 0.294 e. The van der Waals surface area contributed by atoms with Crippen molar-refractivity contribution in [2.45, 2.75) is 6.54 Å². The van der Waals surface area contributed by atoms with Gasteiger partial charge in [-0.2, -0.15) is 0 Å². The number of hydrogen-bond acceptors (Lipinski definition) is 7. The maximum Gasteiger partial charge on any atom is 0.294 e. The summed E-state index contributed by atoms with van der Waals surface area (Å²) < 4.78 is 6.73. The van der Waals surface area contributed by atoms with E-state index >= 15 is 0 Å². The number of ether oxygens (including phenoxy) is 1. The number of nitrogens with one attached hydrogen (secondary N) is 1. The van der Waals surface area contributed by atoms with Crippen LogP contribution in [0.1, 0.15) is 0 Å². The van der Waals surface area contributed by atoms with Crippen LogP contribution in [0.5, 0.6) is 5.75 Å². The average molecular weight is 471 g/mol. The number of benzene rings is 2. The number of anilines is 1. The van der Waals surface area contributed by atoms with Crippen LogP contribution < -0.4 is 15.6 Å². The van der Waals surface area contributed by atoms with Gasteiger partial charge in [0.15, 0.2) is 0 Å². The van der Waals surface area contributed by atoms with Gasteiger partial charge in [0.1, 0.15) is 22.7 Å². The average Bonchev–Trinajstić information content (AvgIpc) is 3.22. The Balaban J connectivity index is 1.59. The van der Waals surface area contributed by atoms with E-state index in [1.807, 2.05) is 30.3 Å². The Kier molecular flexibility index (Phi) is 5.89. The summed E-state index contributed by atoms with van der Waals surface area (Å²) in [4.78, 5) is 41.0. The quantitative estimate of drug-likeness (QED) is 0.331. The molecule has 2 heterocycles. The third-order valence-corrected chi connectivity index (χ3v) is 6.02. The van der Waals surface area contributed by atoms with E-state index in [1.165, 1.54) is 29.8 Å². The summed E-state index contributed by atoms with van der Waals surface area (Å²) in [5.74, 6) is 0.118. The molecule has 11 heteroatoms. The first kappa shape index (κ1) is 21.5. The standard InChI is InChI=1S/C21H15ClN4O5S/c1-31-14-5-2-12(3-6-14)18-9-16-20(32-18)21(28)25(11-23-16)10-19(27)24-15-7-4-13(22)8-17(15)26(29)30/h2-9,11H,10H2,1H3,(H,24,27). The summed E-state index contributed by atoms with van der Waals surface area (Å²) in [6.07, 6.45) is 1.28. The highest BCUT2D eigenvalue weighted by molar-refractivity contribution is 7.22. The second-order valence-electron chi connectivity index (χ2n) is 6.70. The number of carbonyl (C=O) groups excluding carboxylic acids is 1. The molecule has 0 saturated carbocycles. The lowest BCUT2D eigenvalue weighted by Crippen LogP contribution is -2.27. The number of rotatable bonds is 6. The number of methoxy groups -OCH3 is 1. The monoisotopic (exact) mass is 470 g/mol.